The quantitative estimate of drug-likeness (QED) is 0.0321. The first-order valence-electron chi connectivity index (χ1n) is 28.7. The molecule has 0 rings (SSSR count). The maximum atomic E-state index is 13.3. The van der Waals surface area contributed by atoms with E-state index in [0.717, 1.165) is 64.2 Å². The third-order valence-corrected chi connectivity index (χ3v) is 13.3. The van der Waals surface area contributed by atoms with Gasteiger partial charge in [-0.2, -0.15) is 0 Å². The van der Waals surface area contributed by atoms with Crippen LogP contribution < -0.4 is 5.32 Å². The topological polar surface area (TPSA) is 95.9 Å². The lowest BCUT2D eigenvalue weighted by molar-refractivity contribution is -0.151. The molecule has 65 heavy (non-hydrogen) atoms. The smallest absolute Gasteiger partial charge is 0.306 e. The van der Waals surface area contributed by atoms with Gasteiger partial charge in [0.15, 0.2) is 0 Å². The first-order chi connectivity index (χ1) is 32.0. The molecular formula is C59H111NO5. The Labute approximate surface area is 404 Å². The van der Waals surface area contributed by atoms with Crippen molar-refractivity contribution in [3.8, 4) is 0 Å². The zero-order valence-electron chi connectivity index (χ0n) is 43.6. The lowest BCUT2D eigenvalue weighted by atomic mass is 10.0. The van der Waals surface area contributed by atoms with Crippen LogP contribution in [0.5, 0.6) is 0 Å². The molecule has 1 amide bonds. The molecule has 3 atom stereocenters. The highest BCUT2D eigenvalue weighted by molar-refractivity contribution is 5.77. The highest BCUT2D eigenvalue weighted by Crippen LogP contribution is 2.19. The van der Waals surface area contributed by atoms with Crippen molar-refractivity contribution in [3.05, 3.63) is 36.5 Å². The van der Waals surface area contributed by atoms with E-state index < -0.39 is 18.2 Å². The van der Waals surface area contributed by atoms with E-state index in [4.69, 9.17) is 4.74 Å². The van der Waals surface area contributed by atoms with E-state index in [-0.39, 0.29) is 24.9 Å². The number of nitrogens with one attached hydrogen (secondary N) is 1. The maximum absolute atomic E-state index is 13.3. The van der Waals surface area contributed by atoms with E-state index in [9.17, 15) is 19.8 Å². The number of allylic oxidation sites excluding steroid dienone is 6. The van der Waals surface area contributed by atoms with Crippen molar-refractivity contribution in [1.82, 2.24) is 5.32 Å². The molecular weight excluding hydrogens is 803 g/mol. The lowest BCUT2D eigenvalue weighted by Crippen LogP contribution is -2.46. The average molecular weight is 915 g/mol. The van der Waals surface area contributed by atoms with Gasteiger partial charge in [-0.15, -0.1) is 0 Å². The summed E-state index contributed by atoms with van der Waals surface area (Å²) in [6.07, 6.45) is 63.5. The molecule has 0 aromatic carbocycles. The molecule has 0 spiro atoms. The maximum Gasteiger partial charge on any atom is 0.306 e. The predicted octanol–water partition coefficient (Wildman–Crippen LogP) is 17.6. The van der Waals surface area contributed by atoms with Crippen LogP contribution in [0.4, 0.5) is 0 Å². The molecule has 0 aromatic rings. The van der Waals surface area contributed by atoms with Gasteiger partial charge >= 0.3 is 5.97 Å². The van der Waals surface area contributed by atoms with Gasteiger partial charge in [0, 0.05) is 6.42 Å². The molecule has 6 nitrogen and oxygen atoms in total. The Hall–Kier alpha value is -1.92. The van der Waals surface area contributed by atoms with E-state index in [1.807, 2.05) is 0 Å². The van der Waals surface area contributed by atoms with Crippen molar-refractivity contribution in [1.29, 1.82) is 0 Å². The molecule has 0 radical (unpaired) electrons. The van der Waals surface area contributed by atoms with Gasteiger partial charge in [0.2, 0.25) is 5.91 Å². The summed E-state index contributed by atoms with van der Waals surface area (Å²) >= 11 is 0. The summed E-state index contributed by atoms with van der Waals surface area (Å²) in [4.78, 5) is 26.2. The standard InChI is InChI=1S/C59H111NO5/c1-4-7-10-13-16-19-22-25-27-28-29-31-34-37-40-43-46-49-52-59(64)65-55(50-47-44-41-38-35-32-24-21-18-15-12-9-6-3)53-58(63)60-56(54-61)57(62)51-48-45-42-39-36-33-30-26-23-20-17-14-11-8-5-2/h22,25,27-29,31,55-57,61-62H,4-21,23-24,26,30,32-54H2,1-3H3,(H,60,63)/b25-22+,28-27+,31-29+. The molecule has 0 saturated heterocycles. The molecule has 0 saturated carbocycles. The largest absolute Gasteiger partial charge is 0.462 e. The molecule has 0 bridgehead atoms. The molecule has 3 N–H and O–H groups in total. The summed E-state index contributed by atoms with van der Waals surface area (Å²) in [5.41, 5.74) is 0. The number of aliphatic hydroxyl groups excluding tert-OH is 2. The van der Waals surface area contributed by atoms with Crippen LogP contribution in [-0.2, 0) is 14.3 Å². The number of amides is 1. The number of hydrogen-bond acceptors (Lipinski definition) is 5. The summed E-state index contributed by atoms with van der Waals surface area (Å²) in [5, 5.41) is 23.9. The van der Waals surface area contributed by atoms with Crippen LogP contribution in [0.1, 0.15) is 303 Å². The Kier molecular flexibility index (Phi) is 51.5. The van der Waals surface area contributed by atoms with Crippen LogP contribution in [0.2, 0.25) is 0 Å². The van der Waals surface area contributed by atoms with Gasteiger partial charge < -0.3 is 20.3 Å². The fraction of sp³-hybridized carbons (Fsp3) is 0.864. The number of esters is 1. The van der Waals surface area contributed by atoms with Crippen LogP contribution in [0, 0.1) is 0 Å². The van der Waals surface area contributed by atoms with Crippen molar-refractivity contribution in [2.24, 2.45) is 0 Å². The van der Waals surface area contributed by atoms with Crippen LogP contribution in [0.15, 0.2) is 36.5 Å². The van der Waals surface area contributed by atoms with Crippen LogP contribution in [0.3, 0.4) is 0 Å². The van der Waals surface area contributed by atoms with Gasteiger partial charge in [-0.3, -0.25) is 9.59 Å². The fourth-order valence-corrected chi connectivity index (χ4v) is 8.90. The monoisotopic (exact) mass is 914 g/mol. The highest BCUT2D eigenvalue weighted by Gasteiger charge is 2.24. The Morgan fingerprint density at radius 3 is 1.17 bits per heavy atom. The number of carbonyl (C=O) groups is 2. The third kappa shape index (κ3) is 48.3. The van der Waals surface area contributed by atoms with Crippen molar-refractivity contribution in [3.63, 3.8) is 0 Å². The van der Waals surface area contributed by atoms with E-state index in [0.29, 0.717) is 19.3 Å². The van der Waals surface area contributed by atoms with Gasteiger partial charge in [-0.05, 0) is 51.4 Å². The van der Waals surface area contributed by atoms with Crippen molar-refractivity contribution < 1.29 is 24.5 Å². The number of ether oxygens (including phenoxy) is 1. The number of carbonyl (C=O) groups excluding carboxylic acids is 2. The van der Waals surface area contributed by atoms with Gasteiger partial charge in [-0.1, -0.05) is 276 Å². The molecule has 0 fully saturated rings. The molecule has 382 valence electrons. The van der Waals surface area contributed by atoms with Crippen LogP contribution in [-0.4, -0.2) is 46.9 Å². The van der Waals surface area contributed by atoms with Crippen molar-refractivity contribution in [2.45, 2.75) is 322 Å². The molecule has 0 heterocycles. The number of hydrogen-bond donors (Lipinski definition) is 3. The molecule has 0 aliphatic rings. The minimum Gasteiger partial charge on any atom is -0.462 e. The second kappa shape index (κ2) is 53.0. The first kappa shape index (κ1) is 63.1. The van der Waals surface area contributed by atoms with E-state index >= 15 is 0 Å². The summed E-state index contributed by atoms with van der Waals surface area (Å²) < 4.78 is 5.95. The molecule has 0 aliphatic heterocycles. The second-order valence-corrected chi connectivity index (χ2v) is 19.8. The minimum absolute atomic E-state index is 0.0737. The van der Waals surface area contributed by atoms with E-state index in [1.54, 1.807) is 0 Å². The molecule has 6 heteroatoms. The second-order valence-electron chi connectivity index (χ2n) is 19.8. The zero-order valence-corrected chi connectivity index (χ0v) is 43.6. The number of unbranched alkanes of at least 4 members (excludes halogenated alkanes) is 36. The molecule has 0 aromatic heterocycles. The SMILES string of the molecule is CCCCCCC/C=C/C=C/C=C/CCCCCCCC(=O)OC(CCCCCCCCCCCCCCC)CC(=O)NC(CO)C(O)CCCCCCCCCCCCCCCCC. The van der Waals surface area contributed by atoms with Gasteiger partial charge in [0.1, 0.15) is 6.10 Å². The Morgan fingerprint density at radius 1 is 0.446 bits per heavy atom. The van der Waals surface area contributed by atoms with Gasteiger partial charge in [0.05, 0.1) is 25.2 Å². The van der Waals surface area contributed by atoms with Gasteiger partial charge in [0.25, 0.3) is 0 Å². The minimum atomic E-state index is -0.789. The Bertz CT molecular complexity index is 1070. The van der Waals surface area contributed by atoms with Crippen molar-refractivity contribution >= 4 is 11.9 Å². The van der Waals surface area contributed by atoms with Crippen LogP contribution in [0.25, 0.3) is 0 Å². The molecule has 0 aliphatic carbocycles. The van der Waals surface area contributed by atoms with Crippen LogP contribution >= 0.6 is 0 Å². The summed E-state index contributed by atoms with van der Waals surface area (Å²) in [5.74, 6) is -0.481. The lowest BCUT2D eigenvalue weighted by Gasteiger charge is -2.24. The van der Waals surface area contributed by atoms with E-state index in [1.165, 1.54) is 193 Å². The summed E-state index contributed by atoms with van der Waals surface area (Å²) in [6, 6.07) is -0.703. The Balaban J connectivity index is 4.54. The number of rotatable bonds is 52. The van der Waals surface area contributed by atoms with Crippen molar-refractivity contribution in [2.75, 3.05) is 6.61 Å². The molecule has 3 unspecified atom stereocenters. The average Bonchev–Trinajstić information content (AvgIpc) is 3.30. The number of aliphatic hydroxyl groups is 2. The normalized spacial score (nSPS) is 13.4. The highest BCUT2D eigenvalue weighted by atomic mass is 16.5. The van der Waals surface area contributed by atoms with Gasteiger partial charge in [-0.25, -0.2) is 0 Å². The fourth-order valence-electron chi connectivity index (χ4n) is 8.90. The zero-order chi connectivity index (χ0) is 47.4. The first-order valence-corrected chi connectivity index (χ1v) is 28.7. The summed E-state index contributed by atoms with van der Waals surface area (Å²) in [6.45, 7) is 6.50. The third-order valence-electron chi connectivity index (χ3n) is 13.3. The predicted molar refractivity (Wildman–Crippen MR) is 282 cm³/mol. The Morgan fingerprint density at radius 2 is 0.785 bits per heavy atom. The summed E-state index contributed by atoms with van der Waals surface area (Å²) in [7, 11) is 0. The van der Waals surface area contributed by atoms with E-state index in [2.05, 4.69) is 62.5 Å².